The van der Waals surface area contributed by atoms with Crippen LogP contribution in [0.2, 0.25) is 0 Å². The van der Waals surface area contributed by atoms with Gasteiger partial charge in [0.05, 0.1) is 6.61 Å². The van der Waals surface area contributed by atoms with Crippen molar-refractivity contribution in [2.45, 2.75) is 34.5 Å². The van der Waals surface area contributed by atoms with E-state index in [9.17, 15) is 4.79 Å². The Morgan fingerprint density at radius 2 is 1.53 bits per heavy atom. The molecule has 1 aliphatic heterocycles. The number of aliphatic hydroxyl groups is 5. The number of hydrogen-bond donors (Lipinski definition) is 6. The number of amides is 1. The predicted octanol–water partition coefficient (Wildman–Crippen LogP) is -2.38. The molecule has 7 N–H and O–H groups in total. The van der Waals surface area contributed by atoms with E-state index < -0.39 is 47.0 Å². The molecule has 0 radical (unpaired) electrons. The Hall–Kier alpha value is 0.1000. The van der Waals surface area contributed by atoms with E-state index in [2.05, 4.69) is 10.5 Å². The second kappa shape index (κ2) is 7.77. The van der Waals surface area contributed by atoms with Gasteiger partial charge in [-0.15, -0.1) is 0 Å². The van der Waals surface area contributed by atoms with Crippen LogP contribution >= 0.6 is 34.8 Å². The maximum absolute atomic E-state index is 9.85. The summed E-state index contributed by atoms with van der Waals surface area (Å²) in [4.78, 5) is 9.85. The molecule has 0 aliphatic carbocycles. The molecule has 19 heavy (non-hydrogen) atoms. The lowest BCUT2D eigenvalue weighted by atomic mass is 10.00. The first-order chi connectivity index (χ1) is 8.52. The Morgan fingerprint density at radius 3 is 1.84 bits per heavy atom. The number of nitrogens with two attached hydrogens (primary N) is 1. The smallest absolute Gasteiger partial charge is 0.269 e. The zero-order valence-electron chi connectivity index (χ0n) is 9.36. The van der Waals surface area contributed by atoms with Crippen LogP contribution < -0.4 is 5.73 Å². The maximum atomic E-state index is 9.85. The first-order valence-electron chi connectivity index (χ1n) is 4.87. The van der Waals surface area contributed by atoms with Gasteiger partial charge in [0.25, 0.3) is 9.70 Å². The quantitative estimate of drug-likeness (QED) is 0.291. The zero-order valence-corrected chi connectivity index (χ0v) is 11.6. The Bertz CT molecular complexity index is 296. The van der Waals surface area contributed by atoms with Gasteiger partial charge in [0.1, 0.15) is 24.4 Å². The summed E-state index contributed by atoms with van der Waals surface area (Å²) in [5.41, 5.74) is 4.53. The predicted molar refractivity (Wildman–Crippen MR) is 65.5 cm³/mol. The highest BCUT2D eigenvalue weighted by atomic mass is 35.6. The van der Waals surface area contributed by atoms with Gasteiger partial charge in [-0.05, 0) is 0 Å². The van der Waals surface area contributed by atoms with Crippen LogP contribution in [0.1, 0.15) is 0 Å². The van der Waals surface area contributed by atoms with Crippen LogP contribution in [0.4, 0.5) is 0 Å². The van der Waals surface area contributed by atoms with Crippen molar-refractivity contribution < 1.29 is 35.1 Å². The Kier molecular flexibility index (Phi) is 7.81. The van der Waals surface area contributed by atoms with Crippen LogP contribution in [0.3, 0.4) is 0 Å². The van der Waals surface area contributed by atoms with E-state index >= 15 is 0 Å². The molecule has 0 aromatic rings. The number of aliphatic hydroxyl groups excluding tert-OH is 5. The summed E-state index contributed by atoms with van der Waals surface area (Å²) in [6.45, 7) is -0.526. The highest BCUT2D eigenvalue weighted by Gasteiger charge is 2.42. The van der Waals surface area contributed by atoms with Gasteiger partial charge in [-0.2, -0.15) is 0 Å². The molecule has 0 unspecified atom stereocenters. The molecule has 0 aromatic carbocycles. The third kappa shape index (κ3) is 5.94. The van der Waals surface area contributed by atoms with Crippen LogP contribution in [-0.4, -0.2) is 72.5 Å². The average molecular weight is 343 g/mol. The minimum atomic E-state index is -1.94. The fourth-order valence-electron chi connectivity index (χ4n) is 1.08. The van der Waals surface area contributed by atoms with Gasteiger partial charge in [0, 0.05) is 0 Å². The largest absolute Gasteiger partial charge is 0.394 e. The van der Waals surface area contributed by atoms with E-state index in [4.69, 9.17) is 60.3 Å². The van der Waals surface area contributed by atoms with Crippen molar-refractivity contribution in [1.82, 2.24) is 0 Å². The van der Waals surface area contributed by atoms with Gasteiger partial charge in [-0.3, -0.25) is 4.79 Å². The van der Waals surface area contributed by atoms with Crippen molar-refractivity contribution in [3.63, 3.8) is 0 Å². The molecule has 1 aliphatic rings. The fourth-order valence-corrected chi connectivity index (χ4v) is 1.08. The lowest BCUT2D eigenvalue weighted by Gasteiger charge is -2.37. The summed E-state index contributed by atoms with van der Waals surface area (Å²) >= 11 is 14.8. The number of primary amides is 1. The van der Waals surface area contributed by atoms with Crippen LogP contribution in [0.5, 0.6) is 0 Å². The number of hydrogen-bond acceptors (Lipinski definition) is 7. The van der Waals surface area contributed by atoms with Crippen molar-refractivity contribution in [3.05, 3.63) is 0 Å². The molecule has 1 rings (SSSR count). The van der Waals surface area contributed by atoms with Gasteiger partial charge in [-0.25, -0.2) is 0 Å². The van der Waals surface area contributed by atoms with Gasteiger partial charge >= 0.3 is 0 Å². The molecule has 0 saturated carbocycles. The third-order valence-electron chi connectivity index (χ3n) is 2.15. The van der Waals surface area contributed by atoms with Crippen molar-refractivity contribution in [2.24, 2.45) is 5.73 Å². The molecule has 1 amide bonds. The molecule has 1 saturated heterocycles. The van der Waals surface area contributed by atoms with E-state index in [0.29, 0.717) is 0 Å². The van der Waals surface area contributed by atoms with Crippen LogP contribution in [-0.2, 0) is 9.53 Å². The number of halogens is 3. The highest BCUT2D eigenvalue weighted by Crippen LogP contribution is 2.24. The zero-order chi connectivity index (χ0) is 15.4. The Balaban J connectivity index is 0.000000399. The van der Waals surface area contributed by atoms with Crippen LogP contribution in [0.15, 0.2) is 0 Å². The molecule has 114 valence electrons. The second-order valence-electron chi connectivity index (χ2n) is 3.58. The van der Waals surface area contributed by atoms with E-state index in [1.165, 1.54) is 0 Å². The summed E-state index contributed by atoms with van der Waals surface area (Å²) in [6.07, 6.45) is -7.04. The van der Waals surface area contributed by atoms with Gasteiger partial charge < -0.3 is 36.0 Å². The SMILES string of the molecule is NC(=O)C(Cl)(Cl)Cl.OC[C@H]1O[C@@H](O)[C@H](O)[C@@H](O)[C@H]1O. The van der Waals surface area contributed by atoms with E-state index in [1.54, 1.807) is 0 Å². The number of carbonyl (C=O) groups excluding carboxylic acids is 1. The first kappa shape index (κ1) is 19.1. The third-order valence-corrected chi connectivity index (χ3v) is 2.71. The first-order valence-corrected chi connectivity index (χ1v) is 6.01. The molecule has 1 heterocycles. The topological polar surface area (TPSA) is 153 Å². The van der Waals surface area contributed by atoms with E-state index in [1.807, 2.05) is 0 Å². The van der Waals surface area contributed by atoms with Crippen LogP contribution in [0, 0.1) is 0 Å². The average Bonchev–Trinajstić information content (AvgIpc) is 2.30. The number of ether oxygens (including phenoxy) is 1. The molecule has 5 atom stereocenters. The maximum Gasteiger partial charge on any atom is 0.269 e. The number of rotatable bonds is 1. The molecular formula is C8H14Cl3NO7. The molecule has 0 bridgehead atoms. The van der Waals surface area contributed by atoms with Crippen molar-refractivity contribution in [2.75, 3.05) is 6.61 Å². The summed E-state index contributed by atoms with van der Waals surface area (Å²) < 4.78 is 2.63. The lowest BCUT2D eigenvalue weighted by molar-refractivity contribution is -0.286. The minimum absolute atomic E-state index is 0.526. The monoisotopic (exact) mass is 341 g/mol. The van der Waals surface area contributed by atoms with Crippen LogP contribution in [0.25, 0.3) is 0 Å². The Labute approximate surface area is 123 Å². The minimum Gasteiger partial charge on any atom is -0.394 e. The van der Waals surface area contributed by atoms with Gasteiger partial charge in [0.15, 0.2) is 6.29 Å². The lowest BCUT2D eigenvalue weighted by Crippen LogP contribution is -2.58. The molecule has 0 spiro atoms. The van der Waals surface area contributed by atoms with Crippen molar-refractivity contribution >= 4 is 40.7 Å². The standard InChI is InChI=1S/C6H12O6.C2H2Cl3NO/c7-1-2-3(8)4(9)5(10)6(11)12-2;3-2(4,5)1(6)7/h2-11H,1H2;(H2,6,7)/t2-,3+,4+,5-,6-;/m1./s1. The number of alkyl halides is 3. The summed E-state index contributed by atoms with van der Waals surface area (Å²) in [6, 6.07) is 0. The summed E-state index contributed by atoms with van der Waals surface area (Å²) in [5, 5.41) is 44.7. The molecule has 0 aromatic heterocycles. The van der Waals surface area contributed by atoms with Crippen molar-refractivity contribution in [3.8, 4) is 0 Å². The summed E-state index contributed by atoms with van der Waals surface area (Å²) in [7, 11) is 0. The van der Waals surface area contributed by atoms with E-state index in [0.717, 1.165) is 0 Å². The summed E-state index contributed by atoms with van der Waals surface area (Å²) in [5.74, 6) is -0.961. The Morgan fingerprint density at radius 1 is 1.11 bits per heavy atom. The van der Waals surface area contributed by atoms with Crippen molar-refractivity contribution in [1.29, 1.82) is 0 Å². The van der Waals surface area contributed by atoms with Gasteiger partial charge in [-0.1, -0.05) is 34.8 Å². The normalized spacial score (nSPS) is 35.3. The molecule has 8 nitrogen and oxygen atoms in total. The molecular weight excluding hydrogens is 328 g/mol. The molecule has 11 heteroatoms. The highest BCUT2D eigenvalue weighted by molar-refractivity contribution is 6.76. The second-order valence-corrected chi connectivity index (χ2v) is 5.86. The fraction of sp³-hybridized carbons (Fsp3) is 0.875. The van der Waals surface area contributed by atoms with Gasteiger partial charge in [0.2, 0.25) is 0 Å². The van der Waals surface area contributed by atoms with E-state index in [-0.39, 0.29) is 0 Å². The molecule has 1 fully saturated rings. The number of carbonyl (C=O) groups is 1.